The number of benzene rings is 2. The van der Waals surface area contributed by atoms with E-state index in [0.717, 1.165) is 29.7 Å². The molecule has 1 atom stereocenters. The number of piperidine rings is 1. The van der Waals surface area contributed by atoms with Crippen LogP contribution in [0.3, 0.4) is 0 Å². The van der Waals surface area contributed by atoms with E-state index in [1.165, 1.54) is 5.56 Å². The van der Waals surface area contributed by atoms with E-state index in [1.807, 2.05) is 43.3 Å². The first kappa shape index (κ1) is 21.1. The lowest BCUT2D eigenvalue weighted by atomic mass is 9.87. The number of hydrogen-bond acceptors (Lipinski definition) is 3. The van der Waals surface area contributed by atoms with Crippen LogP contribution in [0.2, 0.25) is 0 Å². The third-order valence-corrected chi connectivity index (χ3v) is 6.60. The van der Waals surface area contributed by atoms with Crippen molar-refractivity contribution in [1.29, 1.82) is 0 Å². The molecular weight excluding hydrogens is 390 g/mol. The maximum absolute atomic E-state index is 13.2. The van der Waals surface area contributed by atoms with Gasteiger partial charge in [-0.2, -0.15) is 0 Å². The maximum atomic E-state index is 13.2. The Morgan fingerprint density at radius 2 is 1.61 bits per heavy atom. The SMILES string of the molecule is CC[C@@]1(c2ccccc2)NC(=O)N(CC(=O)N2CCC(Cc3ccccc3)CC2)C1=O. The molecule has 2 heterocycles. The quantitative estimate of drug-likeness (QED) is 0.731. The Balaban J connectivity index is 1.37. The second kappa shape index (κ2) is 8.92. The van der Waals surface area contributed by atoms with Crippen molar-refractivity contribution in [3.8, 4) is 0 Å². The summed E-state index contributed by atoms with van der Waals surface area (Å²) in [5.41, 5.74) is 0.970. The van der Waals surface area contributed by atoms with Gasteiger partial charge in [-0.05, 0) is 42.7 Å². The van der Waals surface area contributed by atoms with E-state index in [2.05, 4.69) is 29.6 Å². The van der Waals surface area contributed by atoms with Crippen LogP contribution in [0.5, 0.6) is 0 Å². The molecule has 1 N–H and O–H groups in total. The van der Waals surface area contributed by atoms with Crippen molar-refractivity contribution in [1.82, 2.24) is 15.1 Å². The first-order valence-corrected chi connectivity index (χ1v) is 11.0. The van der Waals surface area contributed by atoms with Gasteiger partial charge < -0.3 is 10.2 Å². The molecule has 2 saturated heterocycles. The normalized spacial score (nSPS) is 22.0. The lowest BCUT2D eigenvalue weighted by Gasteiger charge is -2.33. The van der Waals surface area contributed by atoms with Crippen LogP contribution in [0, 0.1) is 5.92 Å². The predicted octanol–water partition coefficient (Wildman–Crippen LogP) is 3.33. The van der Waals surface area contributed by atoms with Crippen LogP contribution >= 0.6 is 0 Å². The standard InChI is InChI=1S/C25H29N3O3/c1-2-25(21-11-7-4-8-12-21)23(30)28(24(31)26-25)18-22(29)27-15-13-20(14-16-27)17-19-9-5-3-6-10-19/h3-12,20H,2,13-18H2,1H3,(H,26,31)/t25-/m0/s1. The summed E-state index contributed by atoms with van der Waals surface area (Å²) in [6.07, 6.45) is 3.32. The van der Waals surface area contributed by atoms with Crippen molar-refractivity contribution in [2.24, 2.45) is 5.92 Å². The number of nitrogens with zero attached hydrogens (tertiary/aromatic N) is 2. The molecular formula is C25H29N3O3. The van der Waals surface area contributed by atoms with Crippen molar-refractivity contribution >= 4 is 17.8 Å². The number of rotatable bonds is 6. The van der Waals surface area contributed by atoms with Gasteiger partial charge >= 0.3 is 6.03 Å². The zero-order valence-corrected chi connectivity index (χ0v) is 17.9. The number of urea groups is 1. The molecule has 0 saturated carbocycles. The number of carbonyl (C=O) groups is 3. The molecule has 0 bridgehead atoms. The molecule has 0 spiro atoms. The summed E-state index contributed by atoms with van der Waals surface area (Å²) >= 11 is 0. The van der Waals surface area contributed by atoms with Crippen LogP contribution in [-0.2, 0) is 21.5 Å². The van der Waals surface area contributed by atoms with E-state index in [1.54, 1.807) is 4.90 Å². The zero-order chi connectivity index (χ0) is 21.8. The van der Waals surface area contributed by atoms with Crippen LogP contribution in [-0.4, -0.2) is 47.3 Å². The van der Waals surface area contributed by atoms with Crippen LogP contribution in [0.4, 0.5) is 4.79 Å². The average Bonchev–Trinajstić information content (AvgIpc) is 3.06. The maximum Gasteiger partial charge on any atom is 0.325 e. The van der Waals surface area contributed by atoms with Gasteiger partial charge in [-0.25, -0.2) is 4.79 Å². The van der Waals surface area contributed by atoms with Crippen molar-refractivity contribution < 1.29 is 14.4 Å². The van der Waals surface area contributed by atoms with Crippen LogP contribution in [0.15, 0.2) is 60.7 Å². The second-order valence-corrected chi connectivity index (χ2v) is 8.46. The Morgan fingerprint density at radius 3 is 2.23 bits per heavy atom. The smallest absolute Gasteiger partial charge is 0.325 e. The average molecular weight is 420 g/mol. The molecule has 31 heavy (non-hydrogen) atoms. The molecule has 2 aliphatic rings. The van der Waals surface area contributed by atoms with Gasteiger partial charge in [0.05, 0.1) is 0 Å². The highest BCUT2D eigenvalue weighted by molar-refractivity contribution is 6.09. The minimum atomic E-state index is -1.10. The van der Waals surface area contributed by atoms with Gasteiger partial charge in [0.1, 0.15) is 12.1 Å². The molecule has 0 aliphatic carbocycles. The molecule has 6 nitrogen and oxygen atoms in total. The zero-order valence-electron chi connectivity index (χ0n) is 17.9. The molecule has 2 aromatic rings. The largest absolute Gasteiger partial charge is 0.341 e. The van der Waals surface area contributed by atoms with E-state index in [4.69, 9.17) is 0 Å². The van der Waals surface area contributed by atoms with Gasteiger partial charge in [-0.15, -0.1) is 0 Å². The van der Waals surface area contributed by atoms with Gasteiger partial charge in [-0.3, -0.25) is 14.5 Å². The van der Waals surface area contributed by atoms with E-state index in [0.29, 0.717) is 25.4 Å². The third kappa shape index (κ3) is 4.20. The molecule has 4 rings (SSSR count). The summed E-state index contributed by atoms with van der Waals surface area (Å²) in [6, 6.07) is 19.2. The van der Waals surface area contributed by atoms with Crippen molar-refractivity contribution in [2.75, 3.05) is 19.6 Å². The Morgan fingerprint density at radius 1 is 1.00 bits per heavy atom. The molecule has 2 aliphatic heterocycles. The molecule has 0 aromatic heterocycles. The summed E-state index contributed by atoms with van der Waals surface area (Å²) in [6.45, 7) is 2.99. The number of carbonyl (C=O) groups excluding carboxylic acids is 3. The van der Waals surface area contributed by atoms with Gasteiger partial charge in [-0.1, -0.05) is 67.6 Å². The summed E-state index contributed by atoms with van der Waals surface area (Å²) in [4.78, 5) is 41.6. The monoisotopic (exact) mass is 419 g/mol. The number of imide groups is 1. The summed E-state index contributed by atoms with van der Waals surface area (Å²) in [7, 11) is 0. The predicted molar refractivity (Wildman–Crippen MR) is 118 cm³/mol. The van der Waals surface area contributed by atoms with Gasteiger partial charge in [0.15, 0.2) is 0 Å². The Bertz CT molecular complexity index is 939. The molecule has 2 fully saturated rings. The van der Waals surface area contributed by atoms with Crippen molar-refractivity contribution in [3.05, 3.63) is 71.8 Å². The first-order valence-electron chi connectivity index (χ1n) is 11.0. The molecule has 6 heteroatoms. The fourth-order valence-electron chi connectivity index (χ4n) is 4.70. The lowest BCUT2D eigenvalue weighted by Crippen LogP contribution is -2.47. The van der Waals surface area contributed by atoms with Crippen LogP contribution < -0.4 is 5.32 Å². The fourth-order valence-corrected chi connectivity index (χ4v) is 4.70. The molecule has 0 unspecified atom stereocenters. The topological polar surface area (TPSA) is 69.7 Å². The Labute approximate surface area is 183 Å². The lowest BCUT2D eigenvalue weighted by molar-refractivity contribution is -0.140. The minimum Gasteiger partial charge on any atom is -0.341 e. The number of amides is 4. The highest BCUT2D eigenvalue weighted by Gasteiger charge is 2.51. The molecule has 0 radical (unpaired) electrons. The van der Waals surface area contributed by atoms with Crippen LogP contribution in [0.25, 0.3) is 0 Å². The highest BCUT2D eigenvalue weighted by Crippen LogP contribution is 2.32. The van der Waals surface area contributed by atoms with Crippen molar-refractivity contribution in [3.63, 3.8) is 0 Å². The summed E-state index contributed by atoms with van der Waals surface area (Å²) in [5.74, 6) is 0.0362. The molecule has 2 aromatic carbocycles. The van der Waals surface area contributed by atoms with Crippen molar-refractivity contribution in [2.45, 2.75) is 38.1 Å². The third-order valence-electron chi connectivity index (χ3n) is 6.60. The highest BCUT2D eigenvalue weighted by atomic mass is 16.2. The first-order chi connectivity index (χ1) is 15.0. The molecule has 162 valence electrons. The van der Waals surface area contributed by atoms with Gasteiger partial charge in [0.25, 0.3) is 5.91 Å². The Kier molecular flexibility index (Phi) is 6.07. The summed E-state index contributed by atoms with van der Waals surface area (Å²) < 4.78 is 0. The van der Waals surface area contributed by atoms with E-state index >= 15 is 0 Å². The number of likely N-dealkylation sites (tertiary alicyclic amines) is 1. The van der Waals surface area contributed by atoms with E-state index in [-0.39, 0.29) is 18.4 Å². The van der Waals surface area contributed by atoms with Gasteiger partial charge in [0, 0.05) is 13.1 Å². The van der Waals surface area contributed by atoms with E-state index < -0.39 is 11.6 Å². The number of nitrogens with one attached hydrogen (secondary N) is 1. The Hall–Kier alpha value is -3.15. The van der Waals surface area contributed by atoms with Crippen LogP contribution in [0.1, 0.15) is 37.3 Å². The molecule has 4 amide bonds. The van der Waals surface area contributed by atoms with E-state index in [9.17, 15) is 14.4 Å². The fraction of sp³-hybridized carbons (Fsp3) is 0.400. The van der Waals surface area contributed by atoms with Gasteiger partial charge in [0.2, 0.25) is 5.91 Å². The number of hydrogen-bond donors (Lipinski definition) is 1. The minimum absolute atomic E-state index is 0.165. The second-order valence-electron chi connectivity index (χ2n) is 8.46. The summed E-state index contributed by atoms with van der Waals surface area (Å²) in [5, 5.41) is 2.84.